The molecule has 2 aromatic carbocycles. The van der Waals surface area contributed by atoms with Crippen LogP contribution in [-0.4, -0.2) is 14.8 Å². The fourth-order valence-corrected chi connectivity index (χ4v) is 3.05. The summed E-state index contributed by atoms with van der Waals surface area (Å²) in [7, 11) is 0. The molecule has 1 aromatic heterocycles. The lowest BCUT2D eigenvalue weighted by Gasteiger charge is -2.12. The number of H-pyrrole nitrogens is 1. The van der Waals surface area contributed by atoms with Gasteiger partial charge in [0, 0.05) is 5.56 Å². The van der Waals surface area contributed by atoms with Crippen LogP contribution in [-0.2, 0) is 0 Å². The Morgan fingerprint density at radius 2 is 1.55 bits per heavy atom. The van der Waals surface area contributed by atoms with Gasteiger partial charge in [0.15, 0.2) is 10.6 Å². The molecule has 0 saturated carbocycles. The molecule has 0 atom stereocenters. The molecule has 0 aliphatic rings. The third kappa shape index (κ3) is 2.50. The van der Waals surface area contributed by atoms with Gasteiger partial charge in [-0.05, 0) is 57.1 Å². The number of nitrogens with zero attached hydrogens (tertiary/aromatic N) is 2. The smallest absolute Gasteiger partial charge is 0.200 e. The first-order valence-electron chi connectivity index (χ1n) is 7.30. The molecule has 22 heavy (non-hydrogen) atoms. The number of aromatic amines is 1. The predicted octanol–water partition coefficient (Wildman–Crippen LogP) is 4.83. The molecule has 0 saturated heterocycles. The van der Waals surface area contributed by atoms with Gasteiger partial charge in [0.1, 0.15) is 0 Å². The van der Waals surface area contributed by atoms with Crippen LogP contribution in [0.25, 0.3) is 17.1 Å². The van der Waals surface area contributed by atoms with Gasteiger partial charge in [0.25, 0.3) is 0 Å². The SMILES string of the molecule is Cc1ccc(-c2n[nH]c(=S)n2-c2ccc(C)cc2C)c(C)c1. The summed E-state index contributed by atoms with van der Waals surface area (Å²) < 4.78 is 2.63. The molecular formula is C18H19N3S. The molecule has 0 spiro atoms. The van der Waals surface area contributed by atoms with Crippen LogP contribution in [0.15, 0.2) is 36.4 Å². The second kappa shape index (κ2) is 5.54. The van der Waals surface area contributed by atoms with Gasteiger partial charge in [-0.1, -0.05) is 41.5 Å². The van der Waals surface area contributed by atoms with E-state index in [1.54, 1.807) is 0 Å². The van der Waals surface area contributed by atoms with Crippen molar-refractivity contribution in [3.8, 4) is 17.1 Å². The second-order valence-electron chi connectivity index (χ2n) is 5.80. The van der Waals surface area contributed by atoms with Gasteiger partial charge in [-0.15, -0.1) is 0 Å². The molecule has 3 aromatic rings. The van der Waals surface area contributed by atoms with E-state index in [-0.39, 0.29) is 0 Å². The molecule has 1 N–H and O–H groups in total. The number of hydrogen-bond acceptors (Lipinski definition) is 2. The van der Waals surface area contributed by atoms with Gasteiger partial charge in [-0.2, -0.15) is 5.10 Å². The third-order valence-corrected chi connectivity index (χ3v) is 4.16. The quantitative estimate of drug-likeness (QED) is 0.688. The zero-order chi connectivity index (χ0) is 15.9. The fourth-order valence-electron chi connectivity index (χ4n) is 2.82. The average molecular weight is 309 g/mol. The molecular weight excluding hydrogens is 290 g/mol. The molecule has 4 heteroatoms. The van der Waals surface area contributed by atoms with E-state index in [0.29, 0.717) is 4.77 Å². The Kier molecular flexibility index (Phi) is 3.71. The maximum atomic E-state index is 5.46. The molecule has 0 amide bonds. The highest BCUT2D eigenvalue weighted by Crippen LogP contribution is 2.27. The van der Waals surface area contributed by atoms with Crippen LogP contribution in [0.4, 0.5) is 0 Å². The average Bonchev–Trinajstić information content (AvgIpc) is 2.81. The minimum atomic E-state index is 0.613. The summed E-state index contributed by atoms with van der Waals surface area (Å²) >= 11 is 5.46. The number of benzene rings is 2. The summed E-state index contributed by atoms with van der Waals surface area (Å²) in [6.45, 7) is 8.39. The van der Waals surface area contributed by atoms with Crippen LogP contribution in [0, 0.1) is 32.5 Å². The van der Waals surface area contributed by atoms with E-state index in [0.717, 1.165) is 17.1 Å². The zero-order valence-corrected chi connectivity index (χ0v) is 14.1. The Morgan fingerprint density at radius 3 is 2.18 bits per heavy atom. The molecule has 0 fully saturated rings. The summed E-state index contributed by atoms with van der Waals surface area (Å²) in [5.74, 6) is 0.856. The largest absolute Gasteiger partial charge is 0.268 e. The Morgan fingerprint density at radius 1 is 0.909 bits per heavy atom. The fraction of sp³-hybridized carbons (Fsp3) is 0.222. The van der Waals surface area contributed by atoms with E-state index >= 15 is 0 Å². The first-order chi connectivity index (χ1) is 10.5. The Hall–Kier alpha value is -2.20. The van der Waals surface area contributed by atoms with Crippen LogP contribution < -0.4 is 0 Å². The van der Waals surface area contributed by atoms with Gasteiger partial charge in [0.05, 0.1) is 5.69 Å². The lowest BCUT2D eigenvalue weighted by Crippen LogP contribution is -2.01. The molecule has 112 valence electrons. The number of aromatic nitrogens is 3. The maximum absolute atomic E-state index is 5.46. The third-order valence-electron chi connectivity index (χ3n) is 3.89. The first-order valence-corrected chi connectivity index (χ1v) is 7.71. The van der Waals surface area contributed by atoms with E-state index in [4.69, 9.17) is 12.2 Å². The van der Waals surface area contributed by atoms with Crippen LogP contribution >= 0.6 is 12.2 Å². The minimum absolute atomic E-state index is 0.613. The van der Waals surface area contributed by atoms with Gasteiger partial charge >= 0.3 is 0 Å². The highest BCUT2D eigenvalue weighted by molar-refractivity contribution is 7.71. The topological polar surface area (TPSA) is 33.6 Å². The van der Waals surface area contributed by atoms with E-state index in [1.807, 2.05) is 4.57 Å². The van der Waals surface area contributed by atoms with Crippen molar-refractivity contribution in [2.45, 2.75) is 27.7 Å². The highest BCUT2D eigenvalue weighted by Gasteiger charge is 2.14. The minimum Gasteiger partial charge on any atom is -0.268 e. The second-order valence-corrected chi connectivity index (χ2v) is 6.18. The van der Waals surface area contributed by atoms with Crippen molar-refractivity contribution in [3.05, 3.63) is 63.4 Å². The Balaban J connectivity index is 2.26. The van der Waals surface area contributed by atoms with Crippen molar-refractivity contribution in [2.75, 3.05) is 0 Å². The predicted molar refractivity (Wildman–Crippen MR) is 93.1 cm³/mol. The Bertz CT molecular complexity index is 903. The number of hydrogen-bond donors (Lipinski definition) is 1. The van der Waals surface area contributed by atoms with Gasteiger partial charge in [-0.3, -0.25) is 9.67 Å². The zero-order valence-electron chi connectivity index (χ0n) is 13.3. The van der Waals surface area contributed by atoms with Crippen molar-refractivity contribution < 1.29 is 0 Å². The van der Waals surface area contributed by atoms with Gasteiger partial charge in [0.2, 0.25) is 0 Å². The molecule has 1 heterocycles. The number of rotatable bonds is 2. The molecule has 3 rings (SSSR count). The van der Waals surface area contributed by atoms with Crippen LogP contribution in [0.5, 0.6) is 0 Å². The standard InChI is InChI=1S/C18H19N3S/c1-11-5-7-15(13(3)9-11)17-19-20-18(22)21(17)16-8-6-12(2)10-14(16)4/h5-10H,1-4H3,(H,20,22). The van der Waals surface area contributed by atoms with E-state index in [9.17, 15) is 0 Å². The summed E-state index contributed by atoms with van der Waals surface area (Å²) in [5.41, 5.74) is 7.03. The highest BCUT2D eigenvalue weighted by atomic mass is 32.1. The molecule has 0 unspecified atom stereocenters. The Labute approximate surface area is 135 Å². The van der Waals surface area contributed by atoms with E-state index in [1.165, 1.54) is 22.3 Å². The summed E-state index contributed by atoms with van der Waals surface area (Å²) in [4.78, 5) is 0. The first kappa shape index (κ1) is 14.7. The van der Waals surface area contributed by atoms with Crippen molar-refractivity contribution in [3.63, 3.8) is 0 Å². The summed E-state index contributed by atoms with van der Waals surface area (Å²) in [6, 6.07) is 12.7. The van der Waals surface area contributed by atoms with Gasteiger partial charge in [-0.25, -0.2) is 0 Å². The van der Waals surface area contributed by atoms with Crippen molar-refractivity contribution in [1.29, 1.82) is 0 Å². The molecule has 3 nitrogen and oxygen atoms in total. The molecule has 0 radical (unpaired) electrons. The molecule has 0 bridgehead atoms. The number of nitrogens with one attached hydrogen (secondary N) is 1. The lowest BCUT2D eigenvalue weighted by molar-refractivity contribution is 1.02. The maximum Gasteiger partial charge on any atom is 0.200 e. The monoisotopic (exact) mass is 309 g/mol. The van der Waals surface area contributed by atoms with Crippen molar-refractivity contribution in [1.82, 2.24) is 14.8 Å². The summed E-state index contributed by atoms with van der Waals surface area (Å²) in [5, 5.41) is 7.40. The molecule has 0 aliphatic heterocycles. The lowest BCUT2D eigenvalue weighted by atomic mass is 10.0. The van der Waals surface area contributed by atoms with Crippen LogP contribution in [0.1, 0.15) is 22.3 Å². The van der Waals surface area contributed by atoms with Crippen LogP contribution in [0.2, 0.25) is 0 Å². The van der Waals surface area contributed by atoms with Crippen molar-refractivity contribution >= 4 is 12.2 Å². The van der Waals surface area contributed by atoms with Gasteiger partial charge < -0.3 is 0 Å². The van der Waals surface area contributed by atoms with Crippen molar-refractivity contribution in [2.24, 2.45) is 0 Å². The number of aryl methyl sites for hydroxylation is 4. The molecule has 0 aliphatic carbocycles. The van der Waals surface area contributed by atoms with E-state index < -0.39 is 0 Å². The summed E-state index contributed by atoms with van der Waals surface area (Å²) in [6.07, 6.45) is 0. The van der Waals surface area contributed by atoms with Crippen LogP contribution in [0.3, 0.4) is 0 Å². The normalized spacial score (nSPS) is 10.9. The van der Waals surface area contributed by atoms with E-state index in [2.05, 4.69) is 74.3 Å².